The number of nitrogens with zero attached hydrogens (tertiary/aromatic N) is 2. The van der Waals surface area contributed by atoms with Crippen LogP contribution in [0.2, 0.25) is 0 Å². The van der Waals surface area contributed by atoms with Gasteiger partial charge in [-0.1, -0.05) is 94.5 Å². The summed E-state index contributed by atoms with van der Waals surface area (Å²) in [5.41, 5.74) is 8.73. The zero-order valence-corrected chi connectivity index (χ0v) is 27.8. The van der Waals surface area contributed by atoms with Crippen LogP contribution in [0.25, 0.3) is 22.3 Å². The summed E-state index contributed by atoms with van der Waals surface area (Å²) in [4.78, 5) is 10.5. The van der Waals surface area contributed by atoms with E-state index in [9.17, 15) is 15.3 Å². The molecule has 0 amide bonds. The molecule has 41 heavy (non-hydrogen) atoms. The Balaban J connectivity index is 0.00000131. The Labute approximate surface area is 261 Å². The van der Waals surface area contributed by atoms with Crippen LogP contribution in [0.1, 0.15) is 95.0 Å². The first-order chi connectivity index (χ1) is 20.2. The number of aldehydes is 1. The lowest BCUT2D eigenvalue weighted by Crippen LogP contribution is -2.10. The van der Waals surface area contributed by atoms with Crippen molar-refractivity contribution in [3.05, 3.63) is 76.3 Å². The summed E-state index contributed by atoms with van der Waals surface area (Å²) in [6, 6.07) is 21.1. The lowest BCUT2D eigenvalue weighted by Gasteiger charge is -2.25. The molecule has 0 atom stereocenters. The molecule has 0 radical (unpaired) electrons. The van der Waals surface area contributed by atoms with Gasteiger partial charge in [0.15, 0.2) is 0 Å². The van der Waals surface area contributed by atoms with Gasteiger partial charge in [0.1, 0.15) is 24.2 Å². The summed E-state index contributed by atoms with van der Waals surface area (Å²) in [6.45, 7) is 12.6. The highest BCUT2D eigenvalue weighted by Gasteiger charge is 2.26. The molecule has 218 valence electrons. The predicted octanol–water partition coefficient (Wildman–Crippen LogP) is 10.1. The quantitative estimate of drug-likeness (QED) is 0.0936. The van der Waals surface area contributed by atoms with Gasteiger partial charge in [-0.2, -0.15) is 10.5 Å². The maximum Gasteiger partial charge on any atom is 0.119 e. The van der Waals surface area contributed by atoms with Crippen molar-refractivity contribution in [2.75, 3.05) is 11.0 Å². The van der Waals surface area contributed by atoms with Crippen molar-refractivity contribution in [1.29, 1.82) is 10.5 Å². The van der Waals surface area contributed by atoms with Crippen molar-refractivity contribution in [3.63, 3.8) is 0 Å². The molecule has 0 aliphatic heterocycles. The lowest BCUT2D eigenvalue weighted by molar-refractivity contribution is -0.107. The van der Waals surface area contributed by atoms with E-state index in [-0.39, 0.29) is 0 Å². The third-order valence-corrected chi connectivity index (χ3v) is 7.10. The molecule has 0 spiro atoms. The van der Waals surface area contributed by atoms with E-state index in [0.29, 0.717) is 24.2 Å². The Morgan fingerprint density at radius 1 is 0.854 bits per heavy atom. The van der Waals surface area contributed by atoms with Gasteiger partial charge in [-0.3, -0.25) is 0 Å². The van der Waals surface area contributed by atoms with Crippen molar-refractivity contribution >= 4 is 28.9 Å². The molecule has 0 bridgehead atoms. The van der Waals surface area contributed by atoms with E-state index >= 15 is 0 Å². The summed E-state index contributed by atoms with van der Waals surface area (Å²) >= 11 is 2.39. The summed E-state index contributed by atoms with van der Waals surface area (Å²) in [7, 11) is 0. The maximum absolute atomic E-state index is 10.5. The minimum Gasteiger partial charge on any atom is -0.494 e. The van der Waals surface area contributed by atoms with Crippen LogP contribution in [0.4, 0.5) is 0 Å². The van der Waals surface area contributed by atoms with Gasteiger partial charge in [0.05, 0.1) is 17.7 Å². The number of hydrogen-bond acceptors (Lipinski definition) is 4. The third-order valence-electron chi connectivity index (χ3n) is 6.56. The van der Waals surface area contributed by atoms with Crippen molar-refractivity contribution in [2.24, 2.45) is 0 Å². The zero-order chi connectivity index (χ0) is 30.6. The number of carbonyl (C=O) groups is 1. The van der Waals surface area contributed by atoms with Gasteiger partial charge in [-0.15, -0.1) is 0 Å². The Morgan fingerprint density at radius 3 is 2.24 bits per heavy atom. The molecular formula is C36H45IN2O2. The first-order valence-corrected chi connectivity index (χ1v) is 16.6. The van der Waals surface area contributed by atoms with Crippen LogP contribution in [-0.4, -0.2) is 17.3 Å². The normalized spacial score (nSPS) is 10.4. The number of alkyl halides is 1. The second kappa shape index (κ2) is 20.7. The summed E-state index contributed by atoms with van der Waals surface area (Å²) < 4.78 is 6.99. The lowest BCUT2D eigenvalue weighted by atomic mass is 9.77. The van der Waals surface area contributed by atoms with Crippen LogP contribution in [0, 0.1) is 22.7 Å². The molecule has 1 aliphatic carbocycles. The number of carbonyl (C=O) groups excluding carboxylic acids is 1. The molecule has 0 unspecified atom stereocenters. The van der Waals surface area contributed by atoms with Gasteiger partial charge < -0.3 is 9.53 Å². The Kier molecular flexibility index (Phi) is 18.1. The van der Waals surface area contributed by atoms with Crippen molar-refractivity contribution in [1.82, 2.24) is 0 Å². The Hall–Kier alpha value is -3.16. The number of fused-ring (bicyclic) bond motifs is 3. The first kappa shape index (κ1) is 35.9. The van der Waals surface area contributed by atoms with Gasteiger partial charge in [0.2, 0.25) is 0 Å². The average molecular weight is 665 g/mol. The Bertz CT molecular complexity index is 1320. The molecule has 0 heterocycles. The molecule has 0 fully saturated rings. The molecule has 0 aromatic heterocycles. The van der Waals surface area contributed by atoms with Crippen LogP contribution in [0.15, 0.2) is 48.5 Å². The number of nitriles is 2. The van der Waals surface area contributed by atoms with Gasteiger partial charge in [0, 0.05) is 10.8 Å². The van der Waals surface area contributed by atoms with E-state index in [1.54, 1.807) is 0 Å². The number of ether oxygens (including phenoxy) is 1. The smallest absolute Gasteiger partial charge is 0.119 e. The molecule has 0 N–H and O–H groups in total. The molecule has 4 nitrogen and oxygen atoms in total. The van der Waals surface area contributed by atoms with Crippen LogP contribution < -0.4 is 4.74 Å². The summed E-state index contributed by atoms with van der Waals surface area (Å²) in [6.07, 6.45) is 6.87. The number of benzene rings is 3. The van der Waals surface area contributed by atoms with Crippen molar-refractivity contribution < 1.29 is 9.53 Å². The highest BCUT2D eigenvalue weighted by Crippen LogP contribution is 2.44. The molecule has 3 aromatic rings. The van der Waals surface area contributed by atoms with Crippen LogP contribution in [0.5, 0.6) is 5.75 Å². The number of halogens is 1. The molecule has 3 aromatic carbocycles. The van der Waals surface area contributed by atoms with Gasteiger partial charge in [-0.05, 0) is 95.7 Å². The van der Waals surface area contributed by atoms with E-state index in [1.165, 1.54) is 11.1 Å². The average Bonchev–Trinajstić information content (AvgIpc) is 3.05. The summed E-state index contributed by atoms with van der Waals surface area (Å²) in [5.74, 6) is 0.840. The van der Waals surface area contributed by atoms with E-state index < -0.39 is 0 Å². The van der Waals surface area contributed by atoms with Gasteiger partial charge in [-0.25, -0.2) is 0 Å². The van der Waals surface area contributed by atoms with E-state index in [2.05, 4.69) is 65.1 Å². The van der Waals surface area contributed by atoms with E-state index in [4.69, 9.17) is 4.74 Å². The molecule has 0 saturated heterocycles. The highest BCUT2D eigenvalue weighted by molar-refractivity contribution is 14.1. The molecule has 1 aliphatic rings. The number of hydrogen-bond donors (Lipinski definition) is 0. The SMILES string of the molecule is CC.CC.CC.N#Cc1cc(-c2ccc(OCCCCCC=O)cc2CCI)c2c(c1C#N)CCc1ccccc1-2. The van der Waals surface area contributed by atoms with Crippen molar-refractivity contribution in [3.8, 4) is 40.1 Å². The van der Waals surface area contributed by atoms with Crippen LogP contribution >= 0.6 is 22.6 Å². The fourth-order valence-corrected chi connectivity index (χ4v) is 5.48. The third kappa shape index (κ3) is 9.44. The topological polar surface area (TPSA) is 73.9 Å². The van der Waals surface area contributed by atoms with E-state index in [0.717, 1.165) is 82.8 Å². The second-order valence-electron chi connectivity index (χ2n) is 8.70. The molecule has 0 saturated carbocycles. The summed E-state index contributed by atoms with van der Waals surface area (Å²) in [5, 5.41) is 19.8. The second-order valence-corrected chi connectivity index (χ2v) is 9.78. The highest BCUT2D eigenvalue weighted by atomic mass is 127. The largest absolute Gasteiger partial charge is 0.494 e. The number of unbranched alkanes of at least 4 members (excludes halogenated alkanes) is 3. The maximum atomic E-state index is 10.5. The minimum atomic E-state index is 0.441. The first-order valence-electron chi connectivity index (χ1n) is 15.1. The van der Waals surface area contributed by atoms with Gasteiger partial charge >= 0.3 is 0 Å². The zero-order valence-electron chi connectivity index (χ0n) is 25.6. The fourth-order valence-electron chi connectivity index (χ4n) is 4.89. The number of aryl methyl sites for hydroxylation is 2. The molecular weight excluding hydrogens is 619 g/mol. The fraction of sp³-hybridized carbons (Fsp3) is 0.417. The Morgan fingerprint density at radius 2 is 1.59 bits per heavy atom. The molecule has 4 rings (SSSR count). The number of rotatable bonds is 10. The standard InChI is InChI=1S/C30H27IN2O2.3C2H6/c31-14-13-22-17-24(35-16-6-2-1-5-15-34)10-12-25(22)28-18-23(19-32)29(20-33)27-11-9-21-7-3-4-8-26(21)30(27)28;3*1-2/h3-4,7-8,10,12,15,17-18H,1-2,5-6,9,11,13-14,16H2;3*1-2H3. The monoisotopic (exact) mass is 664 g/mol. The van der Waals surface area contributed by atoms with Gasteiger partial charge in [0.25, 0.3) is 0 Å². The van der Waals surface area contributed by atoms with Crippen molar-refractivity contribution in [2.45, 2.75) is 86.5 Å². The van der Waals surface area contributed by atoms with Crippen LogP contribution in [0.3, 0.4) is 0 Å². The van der Waals surface area contributed by atoms with E-state index in [1.807, 2.05) is 59.7 Å². The minimum absolute atomic E-state index is 0.441. The van der Waals surface area contributed by atoms with Crippen LogP contribution in [-0.2, 0) is 24.1 Å². The predicted molar refractivity (Wildman–Crippen MR) is 181 cm³/mol. The molecule has 5 heteroatoms.